The molecule has 114 valence electrons. The van der Waals surface area contributed by atoms with Gasteiger partial charge in [0.15, 0.2) is 11.5 Å². The Morgan fingerprint density at radius 2 is 2.04 bits per heavy atom. The van der Waals surface area contributed by atoms with Crippen LogP contribution in [0.3, 0.4) is 0 Å². The molecule has 4 heterocycles. The van der Waals surface area contributed by atoms with Crippen molar-refractivity contribution in [2.75, 3.05) is 11.9 Å². The first-order chi connectivity index (χ1) is 11.4. The quantitative estimate of drug-likeness (QED) is 0.611. The lowest BCUT2D eigenvalue weighted by molar-refractivity contribution is 0.951. The first kappa shape index (κ1) is 13.9. The van der Waals surface area contributed by atoms with Crippen LogP contribution in [0.15, 0.2) is 60.5 Å². The number of hydrogen-bond donors (Lipinski definition) is 1. The molecule has 0 bridgehead atoms. The van der Waals surface area contributed by atoms with E-state index in [9.17, 15) is 0 Å². The second-order valence-corrected chi connectivity index (χ2v) is 6.04. The van der Waals surface area contributed by atoms with E-state index in [0.717, 1.165) is 35.8 Å². The van der Waals surface area contributed by atoms with E-state index in [-0.39, 0.29) is 0 Å². The highest BCUT2D eigenvalue weighted by Gasteiger charge is 2.10. The zero-order valence-electron chi connectivity index (χ0n) is 12.4. The molecule has 4 rings (SSSR count). The number of aromatic nitrogens is 4. The minimum absolute atomic E-state index is 0.769. The summed E-state index contributed by atoms with van der Waals surface area (Å²) in [5, 5.41) is 5.44. The van der Waals surface area contributed by atoms with Gasteiger partial charge in [0, 0.05) is 37.3 Å². The monoisotopic (exact) mass is 321 g/mol. The van der Waals surface area contributed by atoms with Crippen LogP contribution in [0.4, 0.5) is 5.82 Å². The second kappa shape index (κ2) is 6.18. The zero-order valence-corrected chi connectivity index (χ0v) is 13.2. The Labute approximate surface area is 137 Å². The van der Waals surface area contributed by atoms with Crippen molar-refractivity contribution in [1.82, 2.24) is 19.4 Å². The summed E-state index contributed by atoms with van der Waals surface area (Å²) in [5.74, 6) is 0.797. The molecule has 4 aromatic rings. The Morgan fingerprint density at radius 3 is 2.87 bits per heavy atom. The summed E-state index contributed by atoms with van der Waals surface area (Å²) in [6.07, 6.45) is 8.31. The van der Waals surface area contributed by atoms with Gasteiger partial charge in [0.1, 0.15) is 0 Å². The summed E-state index contributed by atoms with van der Waals surface area (Å²) in [7, 11) is 0. The van der Waals surface area contributed by atoms with Crippen LogP contribution in [0.25, 0.3) is 16.2 Å². The van der Waals surface area contributed by atoms with E-state index in [1.807, 2.05) is 42.9 Å². The van der Waals surface area contributed by atoms with Gasteiger partial charge in [-0.3, -0.25) is 9.38 Å². The fourth-order valence-electron chi connectivity index (χ4n) is 2.51. The third kappa shape index (κ3) is 2.80. The molecule has 1 N–H and O–H groups in total. The van der Waals surface area contributed by atoms with Crippen LogP contribution in [0, 0.1) is 0 Å². The van der Waals surface area contributed by atoms with E-state index in [4.69, 9.17) is 0 Å². The lowest BCUT2D eigenvalue weighted by Crippen LogP contribution is -2.08. The van der Waals surface area contributed by atoms with Gasteiger partial charge in [0.05, 0.1) is 16.8 Å². The molecule has 0 spiro atoms. The molecule has 4 aromatic heterocycles. The maximum atomic E-state index is 4.53. The van der Waals surface area contributed by atoms with Crippen molar-refractivity contribution in [1.29, 1.82) is 0 Å². The summed E-state index contributed by atoms with van der Waals surface area (Å²) in [6, 6.07) is 10.1. The molecule has 0 aromatic carbocycles. The van der Waals surface area contributed by atoms with Crippen molar-refractivity contribution < 1.29 is 0 Å². The van der Waals surface area contributed by atoms with E-state index in [1.54, 1.807) is 17.5 Å². The molecule has 0 aliphatic carbocycles. The molecule has 0 atom stereocenters. The first-order valence-electron chi connectivity index (χ1n) is 7.41. The summed E-state index contributed by atoms with van der Waals surface area (Å²) >= 11 is 1.71. The van der Waals surface area contributed by atoms with Crippen LogP contribution in [0.1, 0.15) is 5.69 Å². The molecular formula is C17H15N5S. The van der Waals surface area contributed by atoms with Gasteiger partial charge in [-0.05, 0) is 23.6 Å². The summed E-state index contributed by atoms with van der Waals surface area (Å²) in [6.45, 7) is 0.769. The minimum atomic E-state index is 0.769. The van der Waals surface area contributed by atoms with Gasteiger partial charge in [0.25, 0.3) is 0 Å². The average Bonchev–Trinajstić information content (AvgIpc) is 3.25. The summed E-state index contributed by atoms with van der Waals surface area (Å²) in [5.41, 5.74) is 3.00. The van der Waals surface area contributed by atoms with Crippen molar-refractivity contribution in [3.63, 3.8) is 0 Å². The standard InChI is InChI=1S/C17H15N5S/c1-2-7-18-13(4-1)6-8-19-16-17-21-12-14(15-5-3-11-23-15)22(17)10-9-20-16/h1-5,7,9-12H,6,8H2,(H,19,20). The molecule has 0 aliphatic heterocycles. The molecule has 5 nitrogen and oxygen atoms in total. The van der Waals surface area contributed by atoms with Gasteiger partial charge < -0.3 is 5.32 Å². The highest BCUT2D eigenvalue weighted by atomic mass is 32.1. The highest BCUT2D eigenvalue weighted by Crippen LogP contribution is 2.26. The van der Waals surface area contributed by atoms with Crippen molar-refractivity contribution in [2.24, 2.45) is 0 Å². The Bertz CT molecular complexity index is 899. The number of fused-ring (bicyclic) bond motifs is 1. The molecule has 0 fully saturated rings. The normalized spacial score (nSPS) is 11.0. The van der Waals surface area contributed by atoms with Crippen LogP contribution in [0.5, 0.6) is 0 Å². The topological polar surface area (TPSA) is 55.1 Å². The number of thiophene rings is 1. The highest BCUT2D eigenvalue weighted by molar-refractivity contribution is 7.13. The van der Waals surface area contributed by atoms with Crippen LogP contribution >= 0.6 is 11.3 Å². The van der Waals surface area contributed by atoms with Gasteiger partial charge in [0.2, 0.25) is 0 Å². The maximum Gasteiger partial charge on any atom is 0.180 e. The van der Waals surface area contributed by atoms with Crippen LogP contribution in [-0.2, 0) is 6.42 Å². The van der Waals surface area contributed by atoms with E-state index in [2.05, 4.69) is 36.1 Å². The molecule has 0 saturated heterocycles. The van der Waals surface area contributed by atoms with Crippen LogP contribution < -0.4 is 5.32 Å². The van der Waals surface area contributed by atoms with E-state index in [0.29, 0.717) is 0 Å². The maximum absolute atomic E-state index is 4.53. The number of nitrogens with zero attached hydrogens (tertiary/aromatic N) is 4. The lowest BCUT2D eigenvalue weighted by Gasteiger charge is -2.07. The number of nitrogens with one attached hydrogen (secondary N) is 1. The SMILES string of the molecule is c1ccc(CCNc2nccn3c(-c4cccs4)cnc23)nc1. The van der Waals surface area contributed by atoms with Gasteiger partial charge in [-0.25, -0.2) is 9.97 Å². The molecule has 0 aliphatic rings. The summed E-state index contributed by atoms with van der Waals surface area (Å²) < 4.78 is 2.07. The van der Waals surface area contributed by atoms with Crippen LogP contribution in [-0.4, -0.2) is 25.9 Å². The van der Waals surface area contributed by atoms with Crippen molar-refractivity contribution in [2.45, 2.75) is 6.42 Å². The smallest absolute Gasteiger partial charge is 0.180 e. The van der Waals surface area contributed by atoms with Gasteiger partial charge in [-0.2, -0.15) is 0 Å². The minimum Gasteiger partial charge on any atom is -0.367 e. The number of pyridine rings is 1. The molecule has 0 saturated carbocycles. The van der Waals surface area contributed by atoms with Crippen molar-refractivity contribution in [3.05, 3.63) is 66.2 Å². The Hall–Kier alpha value is -2.73. The largest absolute Gasteiger partial charge is 0.367 e. The third-order valence-electron chi connectivity index (χ3n) is 3.60. The molecule has 23 heavy (non-hydrogen) atoms. The predicted octanol–water partition coefficient (Wildman–Crippen LogP) is 3.51. The average molecular weight is 321 g/mol. The molecule has 0 radical (unpaired) electrons. The fraction of sp³-hybridized carbons (Fsp3) is 0.118. The van der Waals surface area contributed by atoms with E-state index >= 15 is 0 Å². The number of imidazole rings is 1. The molecule has 0 unspecified atom stereocenters. The van der Waals surface area contributed by atoms with Gasteiger partial charge in [-0.15, -0.1) is 11.3 Å². The van der Waals surface area contributed by atoms with Crippen molar-refractivity contribution in [3.8, 4) is 10.6 Å². The summed E-state index contributed by atoms with van der Waals surface area (Å²) in [4.78, 5) is 14.5. The van der Waals surface area contributed by atoms with Gasteiger partial charge in [-0.1, -0.05) is 12.1 Å². The number of anilines is 1. The van der Waals surface area contributed by atoms with E-state index < -0.39 is 0 Å². The lowest BCUT2D eigenvalue weighted by atomic mass is 10.3. The third-order valence-corrected chi connectivity index (χ3v) is 4.49. The molecular weight excluding hydrogens is 306 g/mol. The van der Waals surface area contributed by atoms with Crippen molar-refractivity contribution >= 4 is 22.8 Å². The van der Waals surface area contributed by atoms with Crippen LogP contribution in [0.2, 0.25) is 0 Å². The second-order valence-electron chi connectivity index (χ2n) is 5.09. The predicted molar refractivity (Wildman–Crippen MR) is 92.7 cm³/mol. The Balaban J connectivity index is 1.56. The number of hydrogen-bond acceptors (Lipinski definition) is 5. The molecule has 0 amide bonds. The Kier molecular flexibility index (Phi) is 3.73. The first-order valence-corrected chi connectivity index (χ1v) is 8.29. The Morgan fingerprint density at radius 1 is 1.04 bits per heavy atom. The zero-order chi connectivity index (χ0) is 15.5. The van der Waals surface area contributed by atoms with Gasteiger partial charge >= 0.3 is 0 Å². The number of rotatable bonds is 5. The van der Waals surface area contributed by atoms with E-state index in [1.165, 1.54) is 4.88 Å². The fourth-order valence-corrected chi connectivity index (χ4v) is 3.24. The molecule has 6 heteroatoms.